The molecule has 0 saturated carbocycles. The van der Waals surface area contributed by atoms with Crippen LogP contribution in [0, 0.1) is 11.3 Å². The highest BCUT2D eigenvalue weighted by Gasteiger charge is 2.33. The largest absolute Gasteiger partial charge is 0.417 e. The summed E-state index contributed by atoms with van der Waals surface area (Å²) < 4.78 is 43.3. The maximum absolute atomic E-state index is 12.8. The third-order valence-corrected chi connectivity index (χ3v) is 2.66. The Bertz CT molecular complexity index is 477. The van der Waals surface area contributed by atoms with Crippen molar-refractivity contribution in [2.45, 2.75) is 18.6 Å². The maximum Gasteiger partial charge on any atom is 0.417 e. The molecule has 0 aliphatic heterocycles. The Balaban J connectivity index is 3.00. The number of hydrogen-bond donors (Lipinski definition) is 2. The predicted molar refractivity (Wildman–Crippen MR) is 67.1 cm³/mol. The van der Waals surface area contributed by atoms with Crippen molar-refractivity contribution in [1.82, 2.24) is 0 Å². The number of nitriles is 1. The van der Waals surface area contributed by atoms with Crippen molar-refractivity contribution >= 4 is 5.69 Å². The molecule has 0 saturated heterocycles. The number of benzene rings is 1. The second-order valence-electron chi connectivity index (χ2n) is 4.18. The van der Waals surface area contributed by atoms with Gasteiger partial charge in [-0.1, -0.05) is 0 Å². The van der Waals surface area contributed by atoms with Crippen LogP contribution in [0.25, 0.3) is 0 Å². The van der Waals surface area contributed by atoms with Gasteiger partial charge >= 0.3 is 6.18 Å². The third-order valence-electron chi connectivity index (χ3n) is 2.66. The molecule has 1 rings (SSSR count). The molecule has 0 aliphatic rings. The van der Waals surface area contributed by atoms with Crippen LogP contribution >= 0.6 is 0 Å². The van der Waals surface area contributed by atoms with Gasteiger partial charge < -0.3 is 15.2 Å². The fourth-order valence-electron chi connectivity index (χ4n) is 1.76. The molecular formula is C13H15F3N2O2. The van der Waals surface area contributed by atoms with E-state index >= 15 is 0 Å². The van der Waals surface area contributed by atoms with Gasteiger partial charge in [-0.25, -0.2) is 0 Å². The van der Waals surface area contributed by atoms with Crippen molar-refractivity contribution in [1.29, 1.82) is 5.26 Å². The SMILES string of the molecule is COCC(CCO)Nc1ccc(C#N)c(C(F)(F)F)c1. The standard InChI is InChI=1S/C13H15F3N2O2/c1-20-8-11(4-5-19)18-10-3-2-9(7-17)12(6-10)13(14,15)16/h2-3,6,11,18-19H,4-5,8H2,1H3. The van der Waals surface area contributed by atoms with Crippen molar-refractivity contribution in [3.63, 3.8) is 0 Å². The molecule has 0 heterocycles. The van der Waals surface area contributed by atoms with E-state index in [-0.39, 0.29) is 24.9 Å². The summed E-state index contributed by atoms with van der Waals surface area (Å²) in [6.45, 7) is 0.144. The maximum atomic E-state index is 12.8. The van der Waals surface area contributed by atoms with E-state index in [0.717, 1.165) is 12.1 Å². The normalized spacial score (nSPS) is 12.8. The van der Waals surface area contributed by atoms with Crippen molar-refractivity contribution in [2.24, 2.45) is 0 Å². The zero-order valence-corrected chi connectivity index (χ0v) is 10.9. The lowest BCUT2D eigenvalue weighted by atomic mass is 10.1. The van der Waals surface area contributed by atoms with Crippen LogP contribution in [0.1, 0.15) is 17.5 Å². The first kappa shape index (κ1) is 16.3. The Morgan fingerprint density at radius 1 is 1.45 bits per heavy atom. The molecule has 110 valence electrons. The van der Waals surface area contributed by atoms with Gasteiger partial charge in [0.2, 0.25) is 0 Å². The smallest absolute Gasteiger partial charge is 0.396 e. The zero-order chi connectivity index (χ0) is 15.2. The van der Waals surface area contributed by atoms with Crippen molar-refractivity contribution in [2.75, 3.05) is 25.6 Å². The minimum atomic E-state index is -4.59. The Hall–Kier alpha value is -1.78. The lowest BCUT2D eigenvalue weighted by molar-refractivity contribution is -0.137. The number of hydrogen-bond acceptors (Lipinski definition) is 4. The molecule has 20 heavy (non-hydrogen) atoms. The van der Waals surface area contributed by atoms with Gasteiger partial charge in [0, 0.05) is 19.4 Å². The molecule has 1 unspecified atom stereocenters. The Kier molecular flexibility index (Phi) is 5.80. The van der Waals surface area contributed by atoms with E-state index in [1.807, 2.05) is 0 Å². The monoisotopic (exact) mass is 288 g/mol. The van der Waals surface area contributed by atoms with Gasteiger partial charge in [-0.2, -0.15) is 18.4 Å². The summed E-state index contributed by atoms with van der Waals surface area (Å²) in [6, 6.07) is 4.62. The molecule has 7 heteroatoms. The van der Waals surface area contributed by atoms with E-state index in [1.54, 1.807) is 0 Å². The van der Waals surface area contributed by atoms with Crippen LogP contribution in [-0.2, 0) is 10.9 Å². The van der Waals surface area contributed by atoms with Gasteiger partial charge in [0.1, 0.15) is 0 Å². The fourth-order valence-corrected chi connectivity index (χ4v) is 1.76. The second kappa shape index (κ2) is 7.12. The summed E-state index contributed by atoms with van der Waals surface area (Å²) in [5.74, 6) is 0. The minimum Gasteiger partial charge on any atom is -0.396 e. The highest BCUT2D eigenvalue weighted by molar-refractivity contribution is 5.53. The summed E-state index contributed by atoms with van der Waals surface area (Å²) in [7, 11) is 1.46. The third kappa shape index (κ3) is 4.40. The average molecular weight is 288 g/mol. The molecule has 0 bridgehead atoms. The molecule has 0 fully saturated rings. The van der Waals surface area contributed by atoms with E-state index in [2.05, 4.69) is 5.32 Å². The first-order valence-electron chi connectivity index (χ1n) is 5.90. The molecule has 0 aliphatic carbocycles. The van der Waals surface area contributed by atoms with E-state index < -0.39 is 17.3 Å². The number of alkyl halides is 3. The highest BCUT2D eigenvalue weighted by atomic mass is 19.4. The first-order valence-corrected chi connectivity index (χ1v) is 5.90. The van der Waals surface area contributed by atoms with Crippen LogP contribution in [0.15, 0.2) is 18.2 Å². The molecule has 0 aromatic heterocycles. The number of anilines is 1. The van der Waals surface area contributed by atoms with Gasteiger partial charge in [0.15, 0.2) is 0 Å². The van der Waals surface area contributed by atoms with Gasteiger partial charge in [0.05, 0.1) is 29.8 Å². The van der Waals surface area contributed by atoms with E-state index in [4.69, 9.17) is 15.1 Å². The van der Waals surface area contributed by atoms with Gasteiger partial charge in [-0.3, -0.25) is 0 Å². The van der Waals surface area contributed by atoms with Crippen LogP contribution in [0.4, 0.5) is 18.9 Å². The van der Waals surface area contributed by atoms with Crippen LogP contribution in [0.3, 0.4) is 0 Å². The van der Waals surface area contributed by atoms with Crippen molar-refractivity contribution < 1.29 is 23.0 Å². The summed E-state index contributed by atoms with van der Waals surface area (Å²) in [5.41, 5.74) is -1.18. The molecule has 0 amide bonds. The molecule has 1 aromatic carbocycles. The number of ether oxygens (including phenoxy) is 1. The van der Waals surface area contributed by atoms with Crippen LogP contribution in [-0.4, -0.2) is 31.5 Å². The van der Waals surface area contributed by atoms with Crippen molar-refractivity contribution in [3.8, 4) is 6.07 Å². The van der Waals surface area contributed by atoms with Gasteiger partial charge in [0.25, 0.3) is 0 Å². The average Bonchev–Trinajstić information content (AvgIpc) is 2.38. The fraction of sp³-hybridized carbons (Fsp3) is 0.462. The topological polar surface area (TPSA) is 65.3 Å². The lowest BCUT2D eigenvalue weighted by Gasteiger charge is -2.19. The number of methoxy groups -OCH3 is 1. The minimum absolute atomic E-state index is 0.108. The van der Waals surface area contributed by atoms with E-state index in [9.17, 15) is 13.2 Å². The summed E-state index contributed by atoms with van der Waals surface area (Å²) >= 11 is 0. The Labute approximate surface area is 114 Å². The number of aliphatic hydroxyl groups is 1. The van der Waals surface area contributed by atoms with Crippen LogP contribution in [0.5, 0.6) is 0 Å². The summed E-state index contributed by atoms with van der Waals surface area (Å²) in [4.78, 5) is 0. The summed E-state index contributed by atoms with van der Waals surface area (Å²) in [5, 5.41) is 20.4. The highest BCUT2D eigenvalue weighted by Crippen LogP contribution is 2.33. The predicted octanol–water partition coefficient (Wildman–Crippen LogP) is 2.39. The molecule has 1 aromatic rings. The van der Waals surface area contributed by atoms with E-state index in [1.165, 1.54) is 19.2 Å². The van der Waals surface area contributed by atoms with Crippen LogP contribution in [0.2, 0.25) is 0 Å². The number of aliphatic hydroxyl groups excluding tert-OH is 1. The quantitative estimate of drug-likeness (QED) is 0.843. The molecule has 1 atom stereocenters. The summed E-state index contributed by atoms with van der Waals surface area (Å²) in [6.07, 6.45) is -4.24. The van der Waals surface area contributed by atoms with Crippen LogP contribution < -0.4 is 5.32 Å². The Morgan fingerprint density at radius 3 is 2.65 bits per heavy atom. The molecule has 2 N–H and O–H groups in total. The Morgan fingerprint density at radius 2 is 2.15 bits per heavy atom. The molecule has 0 radical (unpaired) electrons. The van der Waals surface area contributed by atoms with Crippen molar-refractivity contribution in [3.05, 3.63) is 29.3 Å². The number of nitrogens with zero attached hydrogens (tertiary/aromatic N) is 1. The van der Waals surface area contributed by atoms with Gasteiger partial charge in [-0.15, -0.1) is 0 Å². The molecular weight excluding hydrogens is 273 g/mol. The molecule has 4 nitrogen and oxygen atoms in total. The number of halogens is 3. The lowest BCUT2D eigenvalue weighted by Crippen LogP contribution is -2.26. The van der Waals surface area contributed by atoms with Gasteiger partial charge in [-0.05, 0) is 24.6 Å². The molecule has 0 spiro atoms. The second-order valence-corrected chi connectivity index (χ2v) is 4.18. The zero-order valence-electron chi connectivity index (χ0n) is 10.9. The first-order chi connectivity index (χ1) is 9.42. The number of rotatable bonds is 6. The van der Waals surface area contributed by atoms with E-state index in [0.29, 0.717) is 6.42 Å². The number of nitrogens with one attached hydrogen (secondary N) is 1.